The van der Waals surface area contributed by atoms with Gasteiger partial charge in [-0.3, -0.25) is 4.98 Å². The molecule has 3 aromatic carbocycles. The third-order valence-corrected chi connectivity index (χ3v) is 7.18. The number of benzene rings is 3. The molecule has 5 nitrogen and oxygen atoms in total. The summed E-state index contributed by atoms with van der Waals surface area (Å²) in [6.07, 6.45) is 1.83. The van der Waals surface area contributed by atoms with Gasteiger partial charge in [0.05, 0.1) is 24.3 Å². The highest BCUT2D eigenvalue weighted by molar-refractivity contribution is 6.09. The van der Waals surface area contributed by atoms with Gasteiger partial charge in [-0.2, -0.15) is 0 Å². The van der Waals surface area contributed by atoms with Crippen LogP contribution in [0.1, 0.15) is 61.6 Å². The van der Waals surface area contributed by atoms with Crippen molar-refractivity contribution >= 4 is 27.6 Å². The van der Waals surface area contributed by atoms with Gasteiger partial charge in [-0.05, 0) is 105 Å². The highest BCUT2D eigenvalue weighted by Gasteiger charge is 2.34. The number of ether oxygens (including phenoxy) is 3. The van der Waals surface area contributed by atoms with Crippen LogP contribution in [0.2, 0.25) is 0 Å². The molecular weight excluding hydrogens is 462 g/mol. The fraction of sp³-hybridized carbons (Fsp3) is 0.375. The van der Waals surface area contributed by atoms with Gasteiger partial charge in [0, 0.05) is 29.1 Å². The molecule has 1 atom stereocenters. The van der Waals surface area contributed by atoms with Gasteiger partial charge < -0.3 is 14.2 Å². The first-order valence-electron chi connectivity index (χ1n) is 13.0. The van der Waals surface area contributed by atoms with E-state index in [1.807, 2.05) is 40.0 Å². The van der Waals surface area contributed by atoms with E-state index in [4.69, 9.17) is 19.2 Å². The summed E-state index contributed by atoms with van der Waals surface area (Å²) in [5.41, 5.74) is 7.71. The summed E-state index contributed by atoms with van der Waals surface area (Å²) in [6.45, 7) is 15.0. The summed E-state index contributed by atoms with van der Waals surface area (Å²) in [6, 6.07) is 12.7. The van der Waals surface area contributed by atoms with Crippen molar-refractivity contribution in [3.63, 3.8) is 0 Å². The summed E-state index contributed by atoms with van der Waals surface area (Å²) >= 11 is 0. The molecule has 0 saturated heterocycles. The maximum atomic E-state index is 13.5. The standard InChI is InChI=1S/C32H35NO4/c1-8-35-31(34)30(37-32(5,6)7)26-19(3)17-24-20(4)18(2)9-10-22(24)28(26)23-11-12-25-27-21(14-16-36-25)13-15-33-29(23)27/h9-13,15,17,30H,8,14,16H2,1-7H3. The first-order valence-corrected chi connectivity index (χ1v) is 13.0. The molecule has 0 aliphatic carbocycles. The second-order valence-electron chi connectivity index (χ2n) is 10.9. The van der Waals surface area contributed by atoms with E-state index >= 15 is 0 Å². The highest BCUT2D eigenvalue weighted by Crippen LogP contribution is 2.46. The first-order chi connectivity index (χ1) is 17.6. The van der Waals surface area contributed by atoms with Gasteiger partial charge in [0.1, 0.15) is 5.75 Å². The zero-order chi connectivity index (χ0) is 26.5. The number of aromatic nitrogens is 1. The van der Waals surface area contributed by atoms with E-state index in [1.54, 1.807) is 0 Å². The van der Waals surface area contributed by atoms with Gasteiger partial charge in [-0.25, -0.2) is 4.79 Å². The van der Waals surface area contributed by atoms with Crippen molar-refractivity contribution in [2.75, 3.05) is 13.2 Å². The summed E-state index contributed by atoms with van der Waals surface area (Å²) in [7, 11) is 0. The van der Waals surface area contributed by atoms with Gasteiger partial charge in [0.25, 0.3) is 0 Å². The predicted molar refractivity (Wildman–Crippen MR) is 148 cm³/mol. The van der Waals surface area contributed by atoms with Crippen molar-refractivity contribution in [1.29, 1.82) is 0 Å². The molecule has 0 saturated carbocycles. The Balaban J connectivity index is 1.92. The van der Waals surface area contributed by atoms with E-state index in [0.29, 0.717) is 6.61 Å². The quantitative estimate of drug-likeness (QED) is 0.270. The summed E-state index contributed by atoms with van der Waals surface area (Å²) in [5.74, 6) is 0.468. The Morgan fingerprint density at radius 3 is 2.57 bits per heavy atom. The number of rotatable bonds is 5. The maximum Gasteiger partial charge on any atom is 0.339 e. The molecule has 1 unspecified atom stereocenters. The Bertz CT molecular complexity index is 1520. The second kappa shape index (κ2) is 9.46. The number of esters is 1. The van der Waals surface area contributed by atoms with E-state index in [9.17, 15) is 4.79 Å². The minimum atomic E-state index is -0.886. The molecular formula is C32H35NO4. The van der Waals surface area contributed by atoms with Crippen molar-refractivity contribution in [2.24, 2.45) is 0 Å². The second-order valence-corrected chi connectivity index (χ2v) is 10.9. The topological polar surface area (TPSA) is 57.7 Å². The number of aryl methyl sites for hydroxylation is 3. The van der Waals surface area contributed by atoms with Crippen molar-refractivity contribution in [3.8, 4) is 16.9 Å². The minimum Gasteiger partial charge on any atom is -0.493 e. The number of carbonyl (C=O) groups is 1. The zero-order valence-electron chi connectivity index (χ0n) is 22.8. The van der Waals surface area contributed by atoms with Crippen molar-refractivity contribution in [3.05, 3.63) is 70.4 Å². The smallest absolute Gasteiger partial charge is 0.339 e. The van der Waals surface area contributed by atoms with Crippen LogP contribution in [-0.4, -0.2) is 29.8 Å². The number of nitrogens with zero attached hydrogens (tertiary/aromatic N) is 1. The fourth-order valence-corrected chi connectivity index (χ4v) is 5.41. The van der Waals surface area contributed by atoms with Gasteiger partial charge in [0.15, 0.2) is 6.10 Å². The van der Waals surface area contributed by atoms with E-state index in [-0.39, 0.29) is 12.6 Å². The number of pyridine rings is 1. The van der Waals surface area contributed by atoms with E-state index in [0.717, 1.165) is 56.1 Å². The SMILES string of the molecule is CCOC(=O)C(OC(C)(C)C)c1c(C)cc2c(C)c(C)ccc2c1-c1ccc2c3c(ccnc13)CCO2. The minimum absolute atomic E-state index is 0.281. The zero-order valence-corrected chi connectivity index (χ0v) is 22.8. The Labute approximate surface area is 218 Å². The molecule has 0 radical (unpaired) electrons. The summed E-state index contributed by atoms with van der Waals surface area (Å²) < 4.78 is 18.0. The molecule has 4 aromatic rings. The molecule has 1 aliphatic rings. The number of hydrogen-bond acceptors (Lipinski definition) is 5. The Hall–Kier alpha value is -3.44. The third-order valence-electron chi connectivity index (χ3n) is 7.18. The molecule has 0 fully saturated rings. The van der Waals surface area contributed by atoms with Crippen molar-refractivity contribution in [1.82, 2.24) is 4.98 Å². The third kappa shape index (κ3) is 4.46. The van der Waals surface area contributed by atoms with Crippen LogP contribution in [0.5, 0.6) is 5.75 Å². The van der Waals surface area contributed by atoms with E-state index < -0.39 is 11.7 Å². The van der Waals surface area contributed by atoms with E-state index in [2.05, 4.69) is 51.1 Å². The predicted octanol–water partition coefficient (Wildman–Crippen LogP) is 7.33. The lowest BCUT2D eigenvalue weighted by Gasteiger charge is -2.30. The van der Waals surface area contributed by atoms with E-state index in [1.165, 1.54) is 16.7 Å². The van der Waals surface area contributed by atoms with Gasteiger partial charge in [-0.15, -0.1) is 0 Å². The summed E-state index contributed by atoms with van der Waals surface area (Å²) in [5, 5.41) is 3.26. The Morgan fingerprint density at radius 1 is 1.05 bits per heavy atom. The number of carbonyl (C=O) groups excluding carboxylic acids is 1. The van der Waals surface area contributed by atoms with Crippen LogP contribution in [0.25, 0.3) is 32.8 Å². The molecule has 0 N–H and O–H groups in total. The number of hydrogen-bond donors (Lipinski definition) is 0. The molecule has 192 valence electrons. The van der Waals surface area contributed by atoms with Crippen molar-refractivity contribution < 1.29 is 19.0 Å². The van der Waals surface area contributed by atoms with Gasteiger partial charge in [0.2, 0.25) is 0 Å². The average molecular weight is 498 g/mol. The Kier molecular flexibility index (Phi) is 6.45. The van der Waals surface area contributed by atoms with Crippen LogP contribution in [0.15, 0.2) is 42.6 Å². The summed E-state index contributed by atoms with van der Waals surface area (Å²) in [4.78, 5) is 18.3. The molecule has 0 spiro atoms. The molecule has 1 aliphatic heterocycles. The lowest BCUT2D eigenvalue weighted by molar-refractivity contribution is -0.166. The average Bonchev–Trinajstić information content (AvgIpc) is 2.85. The lowest BCUT2D eigenvalue weighted by atomic mass is 9.84. The molecule has 0 bridgehead atoms. The van der Waals surface area contributed by atoms with Crippen LogP contribution in [0.3, 0.4) is 0 Å². The molecule has 0 amide bonds. The van der Waals surface area contributed by atoms with Crippen LogP contribution in [-0.2, 0) is 20.7 Å². The molecule has 2 heterocycles. The fourth-order valence-electron chi connectivity index (χ4n) is 5.41. The molecule has 37 heavy (non-hydrogen) atoms. The normalized spacial score (nSPS) is 14.0. The maximum absolute atomic E-state index is 13.5. The number of fused-ring (bicyclic) bond motifs is 1. The molecule has 5 rings (SSSR count). The molecule has 5 heteroatoms. The van der Waals surface area contributed by atoms with Crippen LogP contribution in [0.4, 0.5) is 0 Å². The largest absolute Gasteiger partial charge is 0.493 e. The molecule has 1 aromatic heterocycles. The highest BCUT2D eigenvalue weighted by atomic mass is 16.6. The van der Waals surface area contributed by atoms with Crippen LogP contribution >= 0.6 is 0 Å². The van der Waals surface area contributed by atoms with Crippen LogP contribution in [0, 0.1) is 20.8 Å². The monoisotopic (exact) mass is 497 g/mol. The van der Waals surface area contributed by atoms with Crippen molar-refractivity contribution in [2.45, 2.75) is 66.6 Å². The van der Waals surface area contributed by atoms with Gasteiger partial charge >= 0.3 is 5.97 Å². The lowest BCUT2D eigenvalue weighted by Crippen LogP contribution is -2.29. The Morgan fingerprint density at radius 2 is 1.84 bits per heavy atom. The first kappa shape index (κ1) is 25.2. The van der Waals surface area contributed by atoms with Gasteiger partial charge in [-0.1, -0.05) is 18.2 Å². The van der Waals surface area contributed by atoms with Crippen LogP contribution < -0.4 is 4.74 Å².